The lowest BCUT2D eigenvalue weighted by atomic mass is 10.1. The van der Waals surface area contributed by atoms with Crippen LogP contribution in [0.4, 0.5) is 21.6 Å². The summed E-state index contributed by atoms with van der Waals surface area (Å²) in [5, 5.41) is 11.3. The van der Waals surface area contributed by atoms with Crippen molar-refractivity contribution in [1.29, 1.82) is 0 Å². The average Bonchev–Trinajstić information content (AvgIpc) is 3.45. The van der Waals surface area contributed by atoms with Gasteiger partial charge in [0.15, 0.2) is 11.6 Å². The molecule has 0 aliphatic carbocycles. The summed E-state index contributed by atoms with van der Waals surface area (Å²) < 4.78 is 49.1. The van der Waals surface area contributed by atoms with Gasteiger partial charge in [-0.05, 0) is 73.8 Å². The number of sulfonamides is 1. The Morgan fingerprint density at radius 3 is 2.36 bits per heavy atom. The number of benzene rings is 3. The number of aromatic nitrogens is 3. The van der Waals surface area contributed by atoms with Crippen molar-refractivity contribution in [1.82, 2.24) is 19.4 Å². The van der Waals surface area contributed by atoms with E-state index < -0.39 is 15.8 Å². The molecule has 0 aliphatic heterocycles. The highest BCUT2D eigenvalue weighted by molar-refractivity contribution is 7.92. The van der Waals surface area contributed by atoms with Crippen LogP contribution in [0.1, 0.15) is 13.8 Å². The zero-order valence-electron chi connectivity index (χ0n) is 25.1. The van der Waals surface area contributed by atoms with E-state index in [1.165, 1.54) is 31.1 Å². The molecule has 5 rings (SSSR count). The lowest BCUT2D eigenvalue weighted by molar-refractivity contribution is -0.122. The molecule has 0 saturated heterocycles. The van der Waals surface area contributed by atoms with Crippen LogP contribution in [-0.4, -0.2) is 66.2 Å². The van der Waals surface area contributed by atoms with Crippen molar-refractivity contribution < 1.29 is 27.4 Å². The highest BCUT2D eigenvalue weighted by Gasteiger charge is 2.17. The van der Waals surface area contributed by atoms with Gasteiger partial charge < -0.3 is 24.6 Å². The molecule has 0 amide bonds. The SMILES string of the molecule is CCN(CC)CCn1ccc2cc(-c3cc(Nc4ccc(NS(=O)(=O)c5ccc(OC)c(F)c5)cc4)ncn3)ccc21.O=CO. The van der Waals surface area contributed by atoms with Gasteiger partial charge in [-0.25, -0.2) is 22.8 Å². The van der Waals surface area contributed by atoms with E-state index in [0.29, 0.717) is 17.2 Å². The summed E-state index contributed by atoms with van der Waals surface area (Å²) in [5.74, 6) is -0.189. The number of methoxy groups -OCH3 is 1. The van der Waals surface area contributed by atoms with Crippen LogP contribution in [0.3, 0.4) is 0 Å². The van der Waals surface area contributed by atoms with Crippen LogP contribution in [0, 0.1) is 5.82 Å². The fourth-order valence-electron chi connectivity index (χ4n) is 4.72. The number of hydrogen-bond acceptors (Lipinski definition) is 8. The number of hydrogen-bond donors (Lipinski definition) is 3. The second-order valence-corrected chi connectivity index (χ2v) is 11.5. The van der Waals surface area contributed by atoms with Crippen LogP contribution in [0.25, 0.3) is 22.2 Å². The number of halogens is 1. The molecule has 13 heteroatoms. The average molecular weight is 635 g/mol. The van der Waals surface area contributed by atoms with Gasteiger partial charge >= 0.3 is 0 Å². The van der Waals surface area contributed by atoms with Crippen LogP contribution in [-0.2, 0) is 21.4 Å². The molecule has 5 aromatic rings. The summed E-state index contributed by atoms with van der Waals surface area (Å²) in [7, 11) is -2.67. The Morgan fingerprint density at radius 2 is 1.69 bits per heavy atom. The molecular weight excluding hydrogens is 599 g/mol. The van der Waals surface area contributed by atoms with Gasteiger partial charge in [-0.3, -0.25) is 9.52 Å². The van der Waals surface area contributed by atoms with E-state index in [4.69, 9.17) is 14.6 Å². The fourth-order valence-corrected chi connectivity index (χ4v) is 5.79. The highest BCUT2D eigenvalue weighted by atomic mass is 32.2. The Balaban J connectivity index is 0.00000148. The molecule has 0 unspecified atom stereocenters. The van der Waals surface area contributed by atoms with Gasteiger partial charge in [0.1, 0.15) is 12.1 Å². The molecule has 0 radical (unpaired) electrons. The number of ether oxygens (including phenoxy) is 1. The van der Waals surface area contributed by atoms with Crippen LogP contribution >= 0.6 is 0 Å². The highest BCUT2D eigenvalue weighted by Crippen LogP contribution is 2.27. The Labute approximate surface area is 261 Å². The molecule has 11 nitrogen and oxygen atoms in total. The molecule has 3 N–H and O–H groups in total. The van der Waals surface area contributed by atoms with E-state index >= 15 is 0 Å². The standard InChI is InChI=1S/C31H33FN6O3S.CH2O2/c1-4-37(5-2)16-17-38-15-14-23-18-22(6-12-29(23)38)28-20-31(34-21-33-28)35-24-7-9-25(10-8-24)36-42(39,40)26-11-13-30(41-3)27(32)19-26;2-1-3/h6-15,18-21,36H,4-5,16-17H2,1-3H3,(H,33,34,35);1H,(H,2,3). The Kier molecular flexibility index (Phi) is 11.1. The summed E-state index contributed by atoms with van der Waals surface area (Å²) >= 11 is 0. The number of anilines is 3. The van der Waals surface area contributed by atoms with Gasteiger partial charge in [0.05, 0.1) is 17.7 Å². The van der Waals surface area contributed by atoms with Gasteiger partial charge in [-0.15, -0.1) is 0 Å². The zero-order chi connectivity index (χ0) is 32.4. The molecule has 0 atom stereocenters. The van der Waals surface area contributed by atoms with E-state index in [2.05, 4.69) is 73.8 Å². The van der Waals surface area contributed by atoms with Crippen molar-refractivity contribution in [2.75, 3.05) is 36.8 Å². The van der Waals surface area contributed by atoms with E-state index in [9.17, 15) is 12.8 Å². The molecule has 3 aromatic carbocycles. The summed E-state index contributed by atoms with van der Waals surface area (Å²) in [5.41, 5.74) is 3.98. The van der Waals surface area contributed by atoms with Crippen molar-refractivity contribution in [3.63, 3.8) is 0 Å². The summed E-state index contributed by atoms with van der Waals surface area (Å²) in [6.45, 7) is 8.15. The maximum atomic E-state index is 14.0. The fraction of sp³-hybridized carbons (Fsp3) is 0.219. The van der Waals surface area contributed by atoms with Crippen LogP contribution < -0.4 is 14.8 Å². The molecule has 236 valence electrons. The van der Waals surface area contributed by atoms with E-state index in [0.717, 1.165) is 48.9 Å². The van der Waals surface area contributed by atoms with Crippen molar-refractivity contribution in [2.24, 2.45) is 0 Å². The smallest absolute Gasteiger partial charge is 0.290 e. The summed E-state index contributed by atoms with van der Waals surface area (Å²) in [6.07, 6.45) is 3.64. The minimum atomic E-state index is -3.98. The molecule has 2 heterocycles. The predicted molar refractivity (Wildman–Crippen MR) is 173 cm³/mol. The van der Waals surface area contributed by atoms with Gasteiger partial charge in [-0.2, -0.15) is 0 Å². The molecule has 0 aliphatic rings. The molecular formula is C32H35FN6O5S. The topological polar surface area (TPSA) is 139 Å². The maximum Gasteiger partial charge on any atom is 0.290 e. The quantitative estimate of drug-likeness (QED) is 0.145. The van der Waals surface area contributed by atoms with Crippen molar-refractivity contribution in [3.05, 3.63) is 91.1 Å². The van der Waals surface area contributed by atoms with E-state index in [-0.39, 0.29) is 17.1 Å². The monoisotopic (exact) mass is 634 g/mol. The van der Waals surface area contributed by atoms with E-state index in [1.54, 1.807) is 24.3 Å². The van der Waals surface area contributed by atoms with Crippen LogP contribution in [0.15, 0.2) is 90.2 Å². The van der Waals surface area contributed by atoms with Gasteiger partial charge in [0.25, 0.3) is 16.5 Å². The number of rotatable bonds is 12. The maximum absolute atomic E-state index is 14.0. The van der Waals surface area contributed by atoms with Gasteiger partial charge in [-0.1, -0.05) is 19.9 Å². The predicted octanol–water partition coefficient (Wildman–Crippen LogP) is 5.83. The summed E-state index contributed by atoms with van der Waals surface area (Å²) in [4.78, 5) is 19.4. The van der Waals surface area contributed by atoms with Crippen LogP contribution in [0.2, 0.25) is 0 Å². The largest absolute Gasteiger partial charge is 0.494 e. The van der Waals surface area contributed by atoms with Gasteiger partial charge in [0.2, 0.25) is 0 Å². The lowest BCUT2D eigenvalue weighted by Gasteiger charge is -2.18. The van der Waals surface area contributed by atoms with Crippen LogP contribution in [0.5, 0.6) is 5.75 Å². The molecule has 0 spiro atoms. The Morgan fingerprint density at radius 1 is 0.978 bits per heavy atom. The zero-order valence-corrected chi connectivity index (χ0v) is 26.0. The third-order valence-electron chi connectivity index (χ3n) is 7.13. The molecule has 45 heavy (non-hydrogen) atoms. The first-order valence-corrected chi connectivity index (χ1v) is 15.6. The minimum absolute atomic E-state index is 0.0293. The number of carbonyl (C=O) groups is 1. The molecule has 0 saturated carbocycles. The number of nitrogens with zero attached hydrogens (tertiary/aromatic N) is 4. The second-order valence-electron chi connectivity index (χ2n) is 9.81. The van der Waals surface area contributed by atoms with Gasteiger partial charge in [0, 0.05) is 53.2 Å². The molecule has 0 fully saturated rings. The third-order valence-corrected chi connectivity index (χ3v) is 8.51. The second kappa shape index (κ2) is 15.1. The number of carboxylic acid groups (broad SMARTS) is 1. The first kappa shape index (κ1) is 32.9. The number of likely N-dealkylation sites (N-methyl/N-ethyl adjacent to an activating group) is 1. The minimum Gasteiger partial charge on any atom is -0.494 e. The number of fused-ring (bicyclic) bond motifs is 1. The first-order chi connectivity index (χ1) is 21.7. The number of nitrogens with one attached hydrogen (secondary N) is 2. The lowest BCUT2D eigenvalue weighted by Crippen LogP contribution is -2.26. The summed E-state index contributed by atoms with van der Waals surface area (Å²) in [6, 6.07) is 20.5. The molecule has 0 bridgehead atoms. The first-order valence-electron chi connectivity index (χ1n) is 14.2. The Bertz CT molecular complexity index is 1840. The van der Waals surface area contributed by atoms with Crippen molar-refractivity contribution in [3.8, 4) is 17.0 Å². The normalized spacial score (nSPS) is 11.1. The Hall–Kier alpha value is -5.01. The third kappa shape index (κ3) is 8.34. The van der Waals surface area contributed by atoms with Crippen molar-refractivity contribution in [2.45, 2.75) is 25.3 Å². The molecule has 2 aromatic heterocycles. The van der Waals surface area contributed by atoms with Crippen molar-refractivity contribution >= 4 is 44.6 Å². The van der Waals surface area contributed by atoms with E-state index in [1.807, 2.05) is 6.07 Å².